The summed E-state index contributed by atoms with van der Waals surface area (Å²) in [5.41, 5.74) is 6.66. The lowest BCUT2D eigenvalue weighted by Crippen LogP contribution is -2.25. The number of nitrogens with zero attached hydrogens (tertiary/aromatic N) is 1. The Morgan fingerprint density at radius 1 is 1.32 bits per heavy atom. The molecule has 0 saturated carbocycles. The standard InChI is InChI=1S/C15H25N3O/c1-12(2)7-5-3-4-6-9-18-15(19)13-11-17-10-8-14(13)16/h8,10-12H,3-7,9H2,1-2H3,(H2,16,17)(H,18,19). The maximum absolute atomic E-state index is 11.8. The third kappa shape index (κ3) is 6.22. The molecule has 0 aliphatic carbocycles. The molecule has 0 aromatic carbocycles. The van der Waals surface area contributed by atoms with Crippen LogP contribution in [0.15, 0.2) is 18.5 Å². The van der Waals surface area contributed by atoms with E-state index in [0.717, 1.165) is 18.8 Å². The van der Waals surface area contributed by atoms with Gasteiger partial charge in [0.2, 0.25) is 0 Å². The second kappa shape index (κ2) is 8.51. The minimum atomic E-state index is -0.132. The number of pyridine rings is 1. The van der Waals surface area contributed by atoms with Crippen molar-refractivity contribution in [3.05, 3.63) is 24.0 Å². The molecule has 0 atom stereocenters. The maximum Gasteiger partial charge on any atom is 0.254 e. The molecule has 106 valence electrons. The van der Waals surface area contributed by atoms with Crippen LogP contribution in [0.4, 0.5) is 5.69 Å². The Labute approximate surface area is 115 Å². The van der Waals surface area contributed by atoms with E-state index >= 15 is 0 Å². The van der Waals surface area contributed by atoms with E-state index in [-0.39, 0.29) is 5.91 Å². The molecule has 1 aromatic heterocycles. The number of unbranched alkanes of at least 4 members (excludes halogenated alkanes) is 3. The Balaban J connectivity index is 2.13. The van der Waals surface area contributed by atoms with Crippen LogP contribution in [0.1, 0.15) is 56.3 Å². The fourth-order valence-electron chi connectivity index (χ4n) is 1.92. The van der Waals surface area contributed by atoms with Crippen molar-refractivity contribution in [2.45, 2.75) is 46.0 Å². The van der Waals surface area contributed by atoms with Gasteiger partial charge in [-0.1, -0.05) is 39.5 Å². The molecule has 1 amide bonds. The van der Waals surface area contributed by atoms with Crippen molar-refractivity contribution in [1.82, 2.24) is 10.3 Å². The molecule has 0 radical (unpaired) electrons. The average Bonchev–Trinajstić information content (AvgIpc) is 2.37. The molecule has 0 unspecified atom stereocenters. The van der Waals surface area contributed by atoms with Gasteiger partial charge in [0.15, 0.2) is 0 Å². The molecule has 0 spiro atoms. The van der Waals surface area contributed by atoms with Gasteiger partial charge in [0.05, 0.1) is 5.56 Å². The molecule has 4 heteroatoms. The van der Waals surface area contributed by atoms with Crippen molar-refractivity contribution in [3.63, 3.8) is 0 Å². The molecular weight excluding hydrogens is 238 g/mol. The first-order chi connectivity index (χ1) is 9.11. The average molecular weight is 263 g/mol. The summed E-state index contributed by atoms with van der Waals surface area (Å²) in [4.78, 5) is 15.7. The summed E-state index contributed by atoms with van der Waals surface area (Å²) in [5.74, 6) is 0.654. The van der Waals surface area contributed by atoms with Crippen molar-refractivity contribution in [3.8, 4) is 0 Å². The van der Waals surface area contributed by atoms with E-state index in [4.69, 9.17) is 5.73 Å². The Hall–Kier alpha value is -1.58. The highest BCUT2D eigenvalue weighted by atomic mass is 16.1. The van der Waals surface area contributed by atoms with E-state index in [1.54, 1.807) is 12.3 Å². The highest BCUT2D eigenvalue weighted by Crippen LogP contribution is 2.10. The first kappa shape index (κ1) is 15.5. The van der Waals surface area contributed by atoms with Crippen LogP contribution in [0.3, 0.4) is 0 Å². The van der Waals surface area contributed by atoms with Gasteiger partial charge in [-0.2, -0.15) is 0 Å². The molecule has 0 saturated heterocycles. The Morgan fingerprint density at radius 3 is 2.74 bits per heavy atom. The SMILES string of the molecule is CC(C)CCCCCCNC(=O)c1cnccc1N. The lowest BCUT2D eigenvalue weighted by molar-refractivity contribution is 0.0953. The van der Waals surface area contributed by atoms with Crippen molar-refractivity contribution >= 4 is 11.6 Å². The van der Waals surface area contributed by atoms with Crippen LogP contribution < -0.4 is 11.1 Å². The van der Waals surface area contributed by atoms with Gasteiger partial charge in [0.1, 0.15) is 0 Å². The number of hydrogen-bond acceptors (Lipinski definition) is 3. The van der Waals surface area contributed by atoms with Gasteiger partial charge in [-0.15, -0.1) is 0 Å². The molecule has 0 fully saturated rings. The highest BCUT2D eigenvalue weighted by molar-refractivity contribution is 5.98. The summed E-state index contributed by atoms with van der Waals surface area (Å²) in [6.45, 7) is 5.20. The summed E-state index contributed by atoms with van der Waals surface area (Å²) >= 11 is 0. The van der Waals surface area contributed by atoms with Crippen LogP contribution in [0, 0.1) is 5.92 Å². The molecule has 1 aromatic rings. The van der Waals surface area contributed by atoms with E-state index < -0.39 is 0 Å². The summed E-state index contributed by atoms with van der Waals surface area (Å²) in [5, 5.41) is 2.88. The minimum absolute atomic E-state index is 0.132. The number of nitrogen functional groups attached to an aromatic ring is 1. The molecule has 3 N–H and O–H groups in total. The van der Waals surface area contributed by atoms with Crippen LogP contribution >= 0.6 is 0 Å². The zero-order chi connectivity index (χ0) is 14.1. The third-order valence-electron chi connectivity index (χ3n) is 3.09. The summed E-state index contributed by atoms with van der Waals surface area (Å²) < 4.78 is 0. The maximum atomic E-state index is 11.8. The second-order valence-corrected chi connectivity index (χ2v) is 5.32. The highest BCUT2D eigenvalue weighted by Gasteiger charge is 2.08. The first-order valence-corrected chi connectivity index (χ1v) is 7.09. The largest absolute Gasteiger partial charge is 0.398 e. The van der Waals surface area contributed by atoms with Crippen LogP contribution in [0.2, 0.25) is 0 Å². The number of amides is 1. The molecule has 19 heavy (non-hydrogen) atoms. The number of aromatic nitrogens is 1. The van der Waals surface area contributed by atoms with Crippen LogP contribution in [-0.4, -0.2) is 17.4 Å². The topological polar surface area (TPSA) is 68.0 Å². The van der Waals surface area contributed by atoms with Gasteiger partial charge in [-0.25, -0.2) is 0 Å². The number of nitrogens with one attached hydrogen (secondary N) is 1. The van der Waals surface area contributed by atoms with E-state index in [0.29, 0.717) is 17.8 Å². The zero-order valence-electron chi connectivity index (χ0n) is 12.0. The van der Waals surface area contributed by atoms with E-state index in [1.807, 2.05) is 0 Å². The fourth-order valence-corrected chi connectivity index (χ4v) is 1.92. The van der Waals surface area contributed by atoms with E-state index in [9.17, 15) is 4.79 Å². The first-order valence-electron chi connectivity index (χ1n) is 7.09. The Morgan fingerprint density at radius 2 is 2.05 bits per heavy atom. The zero-order valence-corrected chi connectivity index (χ0v) is 12.0. The predicted molar refractivity (Wildman–Crippen MR) is 78.9 cm³/mol. The second-order valence-electron chi connectivity index (χ2n) is 5.32. The molecular formula is C15H25N3O. The van der Waals surface area contributed by atoms with Gasteiger partial charge in [-0.05, 0) is 18.4 Å². The molecule has 1 rings (SSSR count). The van der Waals surface area contributed by atoms with Gasteiger partial charge in [-0.3, -0.25) is 9.78 Å². The Kier molecular flexibility index (Phi) is 6.93. The normalized spacial score (nSPS) is 10.7. The fraction of sp³-hybridized carbons (Fsp3) is 0.600. The summed E-state index contributed by atoms with van der Waals surface area (Å²) in [6.07, 6.45) is 9.08. The Bertz CT molecular complexity index is 391. The summed E-state index contributed by atoms with van der Waals surface area (Å²) in [6, 6.07) is 1.64. The van der Waals surface area contributed by atoms with Crippen LogP contribution in [0.25, 0.3) is 0 Å². The van der Waals surface area contributed by atoms with E-state index in [1.165, 1.54) is 25.5 Å². The number of carbonyl (C=O) groups excluding carboxylic acids is 1. The van der Waals surface area contributed by atoms with Crippen LogP contribution in [-0.2, 0) is 0 Å². The van der Waals surface area contributed by atoms with Gasteiger partial charge in [0.25, 0.3) is 5.91 Å². The number of carbonyl (C=O) groups is 1. The van der Waals surface area contributed by atoms with Gasteiger partial charge in [0, 0.05) is 24.6 Å². The number of hydrogen-bond donors (Lipinski definition) is 2. The molecule has 1 heterocycles. The van der Waals surface area contributed by atoms with Crippen molar-refractivity contribution < 1.29 is 4.79 Å². The van der Waals surface area contributed by atoms with Crippen molar-refractivity contribution in [2.24, 2.45) is 5.92 Å². The van der Waals surface area contributed by atoms with Crippen molar-refractivity contribution in [2.75, 3.05) is 12.3 Å². The summed E-state index contributed by atoms with van der Waals surface area (Å²) in [7, 11) is 0. The number of anilines is 1. The molecule has 0 aliphatic heterocycles. The lowest BCUT2D eigenvalue weighted by atomic mass is 10.0. The lowest BCUT2D eigenvalue weighted by Gasteiger charge is -2.07. The predicted octanol–water partition coefficient (Wildman–Crippen LogP) is 3.00. The monoisotopic (exact) mass is 263 g/mol. The molecule has 0 aliphatic rings. The number of rotatable bonds is 8. The van der Waals surface area contributed by atoms with Gasteiger partial charge >= 0.3 is 0 Å². The van der Waals surface area contributed by atoms with Gasteiger partial charge < -0.3 is 11.1 Å². The quantitative estimate of drug-likeness (QED) is 0.708. The third-order valence-corrected chi connectivity index (χ3v) is 3.09. The minimum Gasteiger partial charge on any atom is -0.398 e. The smallest absolute Gasteiger partial charge is 0.254 e. The molecule has 4 nitrogen and oxygen atoms in total. The van der Waals surface area contributed by atoms with E-state index in [2.05, 4.69) is 24.1 Å². The number of nitrogens with two attached hydrogens (primary N) is 1. The molecule has 0 bridgehead atoms. The van der Waals surface area contributed by atoms with Crippen molar-refractivity contribution in [1.29, 1.82) is 0 Å². The van der Waals surface area contributed by atoms with Crippen LogP contribution in [0.5, 0.6) is 0 Å².